The third kappa shape index (κ3) is 2.02. The molecule has 82 valence electrons. The van der Waals surface area contributed by atoms with E-state index in [2.05, 4.69) is 4.98 Å². The van der Waals surface area contributed by atoms with Crippen molar-refractivity contribution in [1.82, 2.24) is 4.98 Å². The molecule has 0 saturated carbocycles. The second-order valence-corrected chi connectivity index (χ2v) is 3.89. The van der Waals surface area contributed by atoms with Crippen molar-refractivity contribution in [2.75, 3.05) is 18.0 Å². The Balaban J connectivity index is 2.07. The van der Waals surface area contributed by atoms with E-state index in [1.54, 1.807) is 0 Å². The zero-order valence-electron chi connectivity index (χ0n) is 7.63. The smallest absolute Gasteiger partial charge is 0.244 e. The van der Waals surface area contributed by atoms with Gasteiger partial charge in [0.1, 0.15) is 0 Å². The maximum atomic E-state index is 13.3. The molecule has 0 unspecified atom stereocenters. The van der Waals surface area contributed by atoms with Crippen molar-refractivity contribution in [2.24, 2.45) is 5.92 Å². The van der Waals surface area contributed by atoms with Crippen LogP contribution in [0.15, 0.2) is 12.3 Å². The fourth-order valence-electron chi connectivity index (χ4n) is 1.49. The van der Waals surface area contributed by atoms with Crippen molar-refractivity contribution in [2.45, 2.75) is 6.43 Å². The van der Waals surface area contributed by atoms with Gasteiger partial charge in [0.2, 0.25) is 6.43 Å². The minimum atomic E-state index is -2.35. The summed E-state index contributed by atoms with van der Waals surface area (Å²) in [7, 11) is 0. The van der Waals surface area contributed by atoms with Crippen LogP contribution < -0.4 is 4.90 Å². The summed E-state index contributed by atoms with van der Waals surface area (Å²) in [5.74, 6) is -1.16. The Morgan fingerprint density at radius 3 is 2.67 bits per heavy atom. The molecule has 0 spiro atoms. The highest BCUT2D eigenvalue weighted by Crippen LogP contribution is 2.29. The van der Waals surface area contributed by atoms with Crippen LogP contribution in [0.1, 0.15) is 0 Å². The SMILES string of the molecule is Fc1cc(Cl)cnc1N1CC(C(F)F)C1. The van der Waals surface area contributed by atoms with Gasteiger partial charge in [0.15, 0.2) is 11.6 Å². The molecule has 0 atom stereocenters. The van der Waals surface area contributed by atoms with E-state index in [0.717, 1.165) is 6.07 Å². The summed E-state index contributed by atoms with van der Waals surface area (Å²) in [6, 6.07) is 1.12. The average molecular weight is 237 g/mol. The number of hydrogen-bond acceptors (Lipinski definition) is 2. The van der Waals surface area contributed by atoms with Gasteiger partial charge >= 0.3 is 0 Å². The molecule has 1 aromatic rings. The van der Waals surface area contributed by atoms with E-state index < -0.39 is 18.2 Å². The first kappa shape index (κ1) is 10.5. The van der Waals surface area contributed by atoms with Crippen LogP contribution in [0.3, 0.4) is 0 Å². The minimum absolute atomic E-state index is 0.0938. The number of anilines is 1. The van der Waals surface area contributed by atoms with Gasteiger partial charge in [-0.1, -0.05) is 11.6 Å². The van der Waals surface area contributed by atoms with Crippen LogP contribution >= 0.6 is 11.6 Å². The molecule has 6 heteroatoms. The second-order valence-electron chi connectivity index (χ2n) is 3.46. The molecule has 1 saturated heterocycles. The third-order valence-corrected chi connectivity index (χ3v) is 2.56. The number of pyridine rings is 1. The number of halogens is 4. The van der Waals surface area contributed by atoms with Crippen molar-refractivity contribution in [3.63, 3.8) is 0 Å². The van der Waals surface area contributed by atoms with Gasteiger partial charge in [-0.2, -0.15) is 0 Å². The number of nitrogens with zero attached hydrogens (tertiary/aromatic N) is 2. The standard InChI is InChI=1S/C9H8ClF3N2/c10-6-1-7(11)9(14-2-6)15-3-5(4-15)8(12)13/h1-2,5,8H,3-4H2. The van der Waals surface area contributed by atoms with E-state index in [9.17, 15) is 13.2 Å². The molecule has 2 heterocycles. The predicted molar refractivity (Wildman–Crippen MR) is 50.9 cm³/mol. The third-order valence-electron chi connectivity index (χ3n) is 2.35. The summed E-state index contributed by atoms with van der Waals surface area (Å²) in [5.41, 5.74) is 0. The summed E-state index contributed by atoms with van der Waals surface area (Å²) in [5, 5.41) is 0.196. The Bertz CT molecular complexity index is 366. The number of aromatic nitrogens is 1. The van der Waals surface area contributed by atoms with Gasteiger partial charge < -0.3 is 4.90 Å². The van der Waals surface area contributed by atoms with E-state index in [1.807, 2.05) is 0 Å². The molecule has 15 heavy (non-hydrogen) atoms. The first-order chi connectivity index (χ1) is 7.08. The first-order valence-electron chi connectivity index (χ1n) is 4.42. The van der Waals surface area contributed by atoms with Crippen molar-refractivity contribution in [3.8, 4) is 0 Å². The lowest BCUT2D eigenvalue weighted by atomic mass is 10.0. The summed E-state index contributed by atoms with van der Waals surface area (Å²) in [4.78, 5) is 5.24. The van der Waals surface area contributed by atoms with E-state index in [-0.39, 0.29) is 23.9 Å². The molecule has 1 aliphatic rings. The monoisotopic (exact) mass is 236 g/mol. The lowest BCUT2D eigenvalue weighted by Gasteiger charge is -2.39. The average Bonchev–Trinajstić information content (AvgIpc) is 2.05. The molecule has 1 aromatic heterocycles. The number of alkyl halides is 2. The van der Waals surface area contributed by atoms with Crippen molar-refractivity contribution in [1.29, 1.82) is 0 Å². The first-order valence-corrected chi connectivity index (χ1v) is 4.80. The van der Waals surface area contributed by atoms with E-state index in [0.29, 0.717) is 0 Å². The molecule has 2 nitrogen and oxygen atoms in total. The molecule has 0 aliphatic carbocycles. The largest absolute Gasteiger partial charge is 0.353 e. The topological polar surface area (TPSA) is 16.1 Å². The van der Waals surface area contributed by atoms with E-state index >= 15 is 0 Å². The highest BCUT2D eigenvalue weighted by Gasteiger charge is 2.35. The molecule has 2 rings (SSSR count). The van der Waals surface area contributed by atoms with Gasteiger partial charge in [0, 0.05) is 19.3 Å². The van der Waals surface area contributed by atoms with Crippen LogP contribution in [-0.4, -0.2) is 24.5 Å². The van der Waals surface area contributed by atoms with E-state index in [4.69, 9.17) is 11.6 Å². The molecular formula is C9H8ClF3N2. The Morgan fingerprint density at radius 1 is 1.47 bits per heavy atom. The second kappa shape index (κ2) is 3.89. The zero-order valence-corrected chi connectivity index (χ0v) is 8.39. The Labute approximate surface area is 89.7 Å². The van der Waals surface area contributed by atoms with E-state index in [1.165, 1.54) is 11.1 Å². The van der Waals surface area contributed by atoms with Gasteiger partial charge in [0.25, 0.3) is 0 Å². The van der Waals surface area contributed by atoms with Gasteiger partial charge in [-0.05, 0) is 6.07 Å². The predicted octanol–water partition coefficient (Wildman–Crippen LogP) is 2.58. The molecule has 0 amide bonds. The summed E-state index contributed by atoms with van der Waals surface area (Å²) < 4.78 is 37.6. The van der Waals surface area contributed by atoms with Gasteiger partial charge in [-0.25, -0.2) is 18.2 Å². The minimum Gasteiger partial charge on any atom is -0.353 e. The Hall–Kier alpha value is -0.970. The molecule has 1 fully saturated rings. The van der Waals surface area contributed by atoms with Crippen LogP contribution in [-0.2, 0) is 0 Å². The lowest BCUT2D eigenvalue weighted by molar-refractivity contribution is 0.0608. The van der Waals surface area contributed by atoms with Gasteiger partial charge in [-0.15, -0.1) is 0 Å². The Kier molecular flexibility index (Phi) is 2.73. The maximum absolute atomic E-state index is 13.3. The molecule has 0 bridgehead atoms. The van der Waals surface area contributed by atoms with Crippen molar-refractivity contribution in [3.05, 3.63) is 23.1 Å². The summed E-state index contributed by atoms with van der Waals surface area (Å²) in [6.07, 6.45) is -1.05. The normalized spacial score (nSPS) is 17.0. The maximum Gasteiger partial charge on any atom is 0.244 e. The van der Waals surface area contributed by atoms with Crippen molar-refractivity contribution >= 4 is 17.4 Å². The highest BCUT2D eigenvalue weighted by atomic mass is 35.5. The quantitative estimate of drug-likeness (QED) is 0.785. The summed E-state index contributed by atoms with van der Waals surface area (Å²) >= 11 is 5.52. The van der Waals surface area contributed by atoms with Gasteiger partial charge in [-0.3, -0.25) is 0 Å². The van der Waals surface area contributed by atoms with Gasteiger partial charge in [0.05, 0.1) is 10.9 Å². The zero-order chi connectivity index (χ0) is 11.0. The van der Waals surface area contributed by atoms with Crippen LogP contribution in [0.4, 0.5) is 19.0 Å². The van der Waals surface area contributed by atoms with Crippen molar-refractivity contribution < 1.29 is 13.2 Å². The Morgan fingerprint density at radius 2 is 2.13 bits per heavy atom. The lowest BCUT2D eigenvalue weighted by Crippen LogP contribution is -2.50. The fraction of sp³-hybridized carbons (Fsp3) is 0.444. The van der Waals surface area contributed by atoms with Crippen LogP contribution in [0.5, 0.6) is 0 Å². The van der Waals surface area contributed by atoms with Crippen LogP contribution in [0, 0.1) is 11.7 Å². The fourth-order valence-corrected chi connectivity index (χ4v) is 1.63. The van der Waals surface area contributed by atoms with Crippen LogP contribution in [0.2, 0.25) is 5.02 Å². The number of rotatable bonds is 2. The molecule has 0 radical (unpaired) electrons. The van der Waals surface area contributed by atoms with Crippen LogP contribution in [0.25, 0.3) is 0 Å². The molecular weight excluding hydrogens is 229 g/mol. The highest BCUT2D eigenvalue weighted by molar-refractivity contribution is 6.30. The molecule has 0 aromatic carbocycles. The molecule has 0 N–H and O–H groups in total. The summed E-state index contributed by atoms with van der Waals surface area (Å²) in [6.45, 7) is 0.284. The molecule has 1 aliphatic heterocycles. The number of hydrogen-bond donors (Lipinski definition) is 0.